The minimum Gasteiger partial charge on any atom is -0.493 e. The lowest BCUT2D eigenvalue weighted by Gasteiger charge is -2.13. The molecule has 3 amide bonds. The van der Waals surface area contributed by atoms with Gasteiger partial charge >= 0.3 is 0 Å². The third-order valence-electron chi connectivity index (χ3n) is 4.45. The maximum absolute atomic E-state index is 12.3. The van der Waals surface area contributed by atoms with Gasteiger partial charge in [0.2, 0.25) is 0 Å². The third-order valence-corrected chi connectivity index (χ3v) is 6.05. The first-order valence-corrected chi connectivity index (χ1v) is 11.1. The van der Waals surface area contributed by atoms with Crippen molar-refractivity contribution in [3.05, 3.63) is 56.9 Å². The first-order chi connectivity index (χ1) is 14.8. The fraction of sp³-hybridized carbons (Fsp3) is 0.227. The zero-order valence-corrected chi connectivity index (χ0v) is 19.6. The number of nitrogens with one attached hydrogen (secondary N) is 1. The van der Waals surface area contributed by atoms with Crippen LogP contribution in [0.3, 0.4) is 0 Å². The van der Waals surface area contributed by atoms with Gasteiger partial charge in [0.25, 0.3) is 17.1 Å². The first kappa shape index (κ1) is 22.9. The zero-order valence-electron chi connectivity index (χ0n) is 17.2. The lowest BCUT2D eigenvalue weighted by Crippen LogP contribution is -2.27. The summed E-state index contributed by atoms with van der Waals surface area (Å²) in [5.74, 6) is 0.135. The van der Waals surface area contributed by atoms with Crippen LogP contribution in [0.5, 0.6) is 11.5 Å². The van der Waals surface area contributed by atoms with Crippen LogP contribution in [-0.2, 0) is 9.59 Å². The number of carbonyl (C=O) groups is 3. The Hall–Kier alpha value is -2.78. The van der Waals surface area contributed by atoms with E-state index in [2.05, 4.69) is 21.2 Å². The summed E-state index contributed by atoms with van der Waals surface area (Å²) in [6.45, 7) is 3.84. The lowest BCUT2D eigenvalue weighted by atomic mass is 10.2. The number of ether oxygens (including phenoxy) is 2. The number of aryl methyl sites for hydroxylation is 1. The average Bonchev–Trinajstić information content (AvgIpc) is 3.01. The summed E-state index contributed by atoms with van der Waals surface area (Å²) in [5.41, 5.74) is 2.43. The van der Waals surface area contributed by atoms with Gasteiger partial charge < -0.3 is 14.8 Å². The molecule has 2 aromatic carbocycles. The van der Waals surface area contributed by atoms with Crippen LogP contribution in [0.25, 0.3) is 6.08 Å². The first-order valence-electron chi connectivity index (χ1n) is 9.44. The number of carbonyl (C=O) groups excluding carboxylic acids is 3. The summed E-state index contributed by atoms with van der Waals surface area (Å²) < 4.78 is 11.7. The SMILES string of the molecule is CCN1C(=O)S/C(=C/c2cc(OC)c(OCC(=O)Nc3ccc(C)cc3)cc2Br)C1=O. The quantitative estimate of drug-likeness (QED) is 0.543. The van der Waals surface area contributed by atoms with E-state index in [-0.39, 0.29) is 23.7 Å². The fourth-order valence-electron chi connectivity index (χ4n) is 2.82. The van der Waals surface area contributed by atoms with Crippen molar-refractivity contribution in [1.29, 1.82) is 0 Å². The monoisotopic (exact) mass is 504 g/mol. The van der Waals surface area contributed by atoms with Crippen molar-refractivity contribution in [3.63, 3.8) is 0 Å². The van der Waals surface area contributed by atoms with Crippen LogP contribution in [0, 0.1) is 6.92 Å². The number of anilines is 1. The van der Waals surface area contributed by atoms with Gasteiger partial charge in [0.05, 0.1) is 12.0 Å². The van der Waals surface area contributed by atoms with E-state index in [0.717, 1.165) is 17.3 Å². The Morgan fingerprint density at radius 2 is 1.90 bits per heavy atom. The van der Waals surface area contributed by atoms with E-state index in [1.54, 1.807) is 25.1 Å². The lowest BCUT2D eigenvalue weighted by molar-refractivity contribution is -0.122. The number of nitrogens with zero attached hydrogens (tertiary/aromatic N) is 1. The van der Waals surface area contributed by atoms with Crippen LogP contribution in [0.2, 0.25) is 0 Å². The molecule has 0 bridgehead atoms. The Balaban J connectivity index is 1.73. The highest BCUT2D eigenvalue weighted by Gasteiger charge is 2.33. The predicted octanol–water partition coefficient (Wildman–Crippen LogP) is 4.84. The number of hydrogen-bond acceptors (Lipinski definition) is 6. The van der Waals surface area contributed by atoms with Crippen LogP contribution >= 0.6 is 27.7 Å². The molecule has 0 spiro atoms. The van der Waals surface area contributed by atoms with Crippen molar-refractivity contribution in [3.8, 4) is 11.5 Å². The van der Waals surface area contributed by atoms with Gasteiger partial charge in [-0.05, 0) is 61.5 Å². The Bertz CT molecular complexity index is 1050. The molecule has 1 aliphatic rings. The number of hydrogen-bond donors (Lipinski definition) is 1. The molecule has 2 aromatic rings. The maximum atomic E-state index is 12.3. The van der Waals surface area contributed by atoms with E-state index in [9.17, 15) is 14.4 Å². The minimum absolute atomic E-state index is 0.203. The number of likely N-dealkylation sites (N-methyl/N-ethyl adjacent to an activating group) is 1. The van der Waals surface area contributed by atoms with Gasteiger partial charge in [0.1, 0.15) is 0 Å². The molecule has 7 nitrogen and oxygen atoms in total. The maximum Gasteiger partial charge on any atom is 0.293 e. The average molecular weight is 505 g/mol. The van der Waals surface area contributed by atoms with E-state index in [1.807, 2.05) is 31.2 Å². The van der Waals surface area contributed by atoms with Gasteiger partial charge in [-0.2, -0.15) is 0 Å². The Morgan fingerprint density at radius 1 is 1.19 bits per heavy atom. The molecule has 1 N–H and O–H groups in total. The molecular formula is C22H21BrN2O5S. The molecule has 0 aliphatic carbocycles. The van der Waals surface area contributed by atoms with Gasteiger partial charge in [-0.1, -0.05) is 33.6 Å². The molecule has 0 aromatic heterocycles. The third kappa shape index (κ3) is 5.48. The van der Waals surface area contributed by atoms with Gasteiger partial charge in [-0.25, -0.2) is 0 Å². The van der Waals surface area contributed by atoms with Crippen LogP contribution in [0.4, 0.5) is 10.5 Å². The molecule has 1 aliphatic heterocycles. The van der Waals surface area contributed by atoms with E-state index in [1.165, 1.54) is 12.0 Å². The minimum atomic E-state index is -0.323. The topological polar surface area (TPSA) is 84.9 Å². The smallest absolute Gasteiger partial charge is 0.293 e. The van der Waals surface area contributed by atoms with Crippen LogP contribution in [-0.4, -0.2) is 42.2 Å². The van der Waals surface area contributed by atoms with E-state index in [0.29, 0.717) is 38.7 Å². The van der Waals surface area contributed by atoms with Gasteiger partial charge in [-0.15, -0.1) is 0 Å². The Kier molecular flexibility index (Phi) is 7.40. The van der Waals surface area contributed by atoms with Gasteiger partial charge in [-0.3, -0.25) is 19.3 Å². The largest absolute Gasteiger partial charge is 0.493 e. The number of halogens is 1. The Labute approximate surface area is 192 Å². The van der Waals surface area contributed by atoms with Crippen molar-refractivity contribution in [1.82, 2.24) is 4.90 Å². The zero-order chi connectivity index (χ0) is 22.5. The highest BCUT2D eigenvalue weighted by molar-refractivity contribution is 9.10. The number of thioether (sulfide) groups is 1. The van der Waals surface area contributed by atoms with Crippen molar-refractivity contribution in [2.75, 3.05) is 25.6 Å². The number of rotatable bonds is 7. The summed E-state index contributed by atoms with van der Waals surface area (Å²) in [4.78, 5) is 38.0. The standard InChI is InChI=1S/C22H21BrN2O5S/c1-4-25-21(27)19(31-22(25)28)10-14-9-17(29-3)18(11-16(14)23)30-12-20(26)24-15-7-5-13(2)6-8-15/h5-11H,4,12H2,1-3H3,(H,24,26)/b19-10+. The Morgan fingerprint density at radius 3 is 2.52 bits per heavy atom. The van der Waals surface area contributed by atoms with E-state index < -0.39 is 0 Å². The molecule has 0 radical (unpaired) electrons. The summed E-state index contributed by atoms with van der Waals surface area (Å²) in [6, 6.07) is 10.8. The number of amides is 3. The molecule has 9 heteroatoms. The molecular weight excluding hydrogens is 484 g/mol. The van der Waals surface area contributed by atoms with Crippen LogP contribution in [0.1, 0.15) is 18.1 Å². The highest BCUT2D eigenvalue weighted by atomic mass is 79.9. The molecule has 1 fully saturated rings. The normalized spacial score (nSPS) is 14.8. The number of imide groups is 1. The highest BCUT2D eigenvalue weighted by Crippen LogP contribution is 2.38. The molecule has 31 heavy (non-hydrogen) atoms. The molecule has 0 unspecified atom stereocenters. The van der Waals surface area contributed by atoms with Crippen molar-refractivity contribution < 1.29 is 23.9 Å². The van der Waals surface area contributed by atoms with Crippen LogP contribution < -0.4 is 14.8 Å². The van der Waals surface area contributed by atoms with Crippen molar-refractivity contribution in [2.45, 2.75) is 13.8 Å². The number of methoxy groups -OCH3 is 1. The molecule has 0 atom stereocenters. The van der Waals surface area contributed by atoms with Crippen molar-refractivity contribution in [2.24, 2.45) is 0 Å². The van der Waals surface area contributed by atoms with Gasteiger partial charge in [0, 0.05) is 16.7 Å². The molecule has 3 rings (SSSR count). The molecule has 1 saturated heterocycles. The summed E-state index contributed by atoms with van der Waals surface area (Å²) in [7, 11) is 1.48. The summed E-state index contributed by atoms with van der Waals surface area (Å²) >= 11 is 4.35. The second kappa shape index (κ2) is 10.0. The van der Waals surface area contributed by atoms with Crippen molar-refractivity contribution >= 4 is 56.5 Å². The van der Waals surface area contributed by atoms with E-state index in [4.69, 9.17) is 9.47 Å². The van der Waals surface area contributed by atoms with E-state index >= 15 is 0 Å². The molecule has 0 saturated carbocycles. The second-order valence-corrected chi connectivity index (χ2v) is 8.50. The fourth-order valence-corrected chi connectivity index (χ4v) is 4.16. The predicted molar refractivity (Wildman–Crippen MR) is 124 cm³/mol. The summed E-state index contributed by atoms with van der Waals surface area (Å²) in [6.07, 6.45) is 1.63. The molecule has 162 valence electrons. The summed E-state index contributed by atoms with van der Waals surface area (Å²) in [5, 5.41) is 2.48. The molecule has 1 heterocycles. The second-order valence-electron chi connectivity index (χ2n) is 6.65. The number of benzene rings is 2. The van der Waals surface area contributed by atoms with Gasteiger partial charge in [0.15, 0.2) is 18.1 Å². The van der Waals surface area contributed by atoms with Crippen LogP contribution in [0.15, 0.2) is 45.8 Å².